The molecule has 0 atom stereocenters. The molecule has 0 saturated heterocycles. The summed E-state index contributed by atoms with van der Waals surface area (Å²) in [5.74, 6) is -0.163. The summed E-state index contributed by atoms with van der Waals surface area (Å²) < 4.78 is 4.98. The van der Waals surface area contributed by atoms with Crippen LogP contribution >= 0.6 is 0 Å². The third-order valence-electron chi connectivity index (χ3n) is 5.11. The Labute approximate surface area is 164 Å². The van der Waals surface area contributed by atoms with Gasteiger partial charge < -0.3 is 4.74 Å². The molecule has 26 heavy (non-hydrogen) atoms. The minimum Gasteiger partial charge on any atom is -0.463 e. The zero-order chi connectivity index (χ0) is 19.3. The highest BCUT2D eigenvalue weighted by Gasteiger charge is 2.02. The molecule has 154 valence electrons. The Morgan fingerprint density at radius 2 is 1.04 bits per heavy atom. The molecule has 0 aliphatic carbocycles. The molecule has 0 amide bonds. The molecule has 0 fully saturated rings. The molecule has 0 saturated carbocycles. The minimum absolute atomic E-state index is 0.163. The molecule has 0 aliphatic rings. The number of carbonyl (C=O) groups excluding carboxylic acids is 1. The first kappa shape index (κ1) is 25.2. The summed E-state index contributed by atoms with van der Waals surface area (Å²) in [5, 5.41) is 0. The predicted molar refractivity (Wildman–Crippen MR) is 115 cm³/mol. The summed E-state index contributed by atoms with van der Waals surface area (Å²) in [6.45, 7) is 6.45. The van der Waals surface area contributed by atoms with Crippen LogP contribution in [0.5, 0.6) is 0 Å². The van der Waals surface area contributed by atoms with Crippen LogP contribution < -0.4 is 0 Å². The Hall–Kier alpha value is -0.790. The first-order valence-electron chi connectivity index (χ1n) is 11.6. The van der Waals surface area contributed by atoms with Gasteiger partial charge in [-0.05, 0) is 26.7 Å². The Balaban J connectivity index is 3.20. The molecule has 0 radical (unpaired) electrons. The van der Waals surface area contributed by atoms with Crippen molar-refractivity contribution >= 4 is 5.97 Å². The van der Waals surface area contributed by atoms with Gasteiger partial charge in [0.2, 0.25) is 0 Å². The third kappa shape index (κ3) is 18.0. The smallest absolute Gasteiger partial charge is 0.333 e. The van der Waals surface area contributed by atoms with Crippen molar-refractivity contribution in [2.75, 3.05) is 6.61 Å². The van der Waals surface area contributed by atoms with Gasteiger partial charge in [0, 0.05) is 5.57 Å². The molecule has 0 heterocycles. The van der Waals surface area contributed by atoms with Crippen LogP contribution in [0.1, 0.15) is 130 Å². The molecular formula is C24H46O2. The van der Waals surface area contributed by atoms with Crippen LogP contribution in [0.3, 0.4) is 0 Å². The average Bonchev–Trinajstić information content (AvgIpc) is 2.64. The lowest BCUT2D eigenvalue weighted by Gasteiger charge is -2.03. The number of ether oxygens (including phenoxy) is 1. The Bertz CT molecular complexity index is 333. The highest BCUT2D eigenvalue weighted by Crippen LogP contribution is 2.14. The van der Waals surface area contributed by atoms with E-state index in [2.05, 4.69) is 6.92 Å². The molecule has 0 aliphatic heterocycles. The van der Waals surface area contributed by atoms with E-state index in [1.807, 2.05) is 19.9 Å². The Morgan fingerprint density at radius 3 is 1.42 bits per heavy atom. The summed E-state index contributed by atoms with van der Waals surface area (Å²) in [6, 6.07) is 0. The van der Waals surface area contributed by atoms with Crippen LogP contribution in [0.25, 0.3) is 0 Å². The number of unbranched alkanes of at least 4 members (excludes halogenated alkanes) is 16. The van der Waals surface area contributed by atoms with Crippen molar-refractivity contribution in [1.29, 1.82) is 0 Å². The first-order chi connectivity index (χ1) is 12.7. The van der Waals surface area contributed by atoms with E-state index in [0.29, 0.717) is 6.61 Å². The fraction of sp³-hybridized carbons (Fsp3) is 0.875. The van der Waals surface area contributed by atoms with Gasteiger partial charge in [-0.2, -0.15) is 0 Å². The second kappa shape index (κ2) is 20.5. The van der Waals surface area contributed by atoms with Crippen molar-refractivity contribution in [3.8, 4) is 0 Å². The van der Waals surface area contributed by atoms with E-state index < -0.39 is 0 Å². The molecule has 0 spiro atoms. The van der Waals surface area contributed by atoms with Gasteiger partial charge in [-0.25, -0.2) is 4.79 Å². The molecule has 2 nitrogen and oxygen atoms in total. The second-order valence-electron chi connectivity index (χ2n) is 7.70. The number of allylic oxidation sites excluding steroid dienone is 1. The largest absolute Gasteiger partial charge is 0.463 e. The molecule has 2 heteroatoms. The number of carbonyl (C=O) groups is 1. The minimum atomic E-state index is -0.163. The molecule has 0 bridgehead atoms. The number of hydrogen-bond donors (Lipinski definition) is 0. The van der Waals surface area contributed by atoms with Gasteiger partial charge in [0.15, 0.2) is 0 Å². The quantitative estimate of drug-likeness (QED) is 0.131. The SMILES string of the molecule is CCCCCCCCCCCCCCCCCC/C=C(\C)C(=O)OCC. The van der Waals surface area contributed by atoms with E-state index >= 15 is 0 Å². The highest BCUT2D eigenvalue weighted by atomic mass is 16.5. The molecule has 0 rings (SSSR count). The third-order valence-corrected chi connectivity index (χ3v) is 5.11. The topological polar surface area (TPSA) is 26.3 Å². The number of hydrogen-bond acceptors (Lipinski definition) is 2. The lowest BCUT2D eigenvalue weighted by molar-refractivity contribution is -0.138. The predicted octanol–water partition coefficient (Wildman–Crippen LogP) is 8.15. The van der Waals surface area contributed by atoms with E-state index in [-0.39, 0.29) is 5.97 Å². The Morgan fingerprint density at radius 1 is 0.654 bits per heavy atom. The fourth-order valence-corrected chi connectivity index (χ4v) is 3.34. The number of esters is 1. The van der Waals surface area contributed by atoms with Crippen LogP contribution in [-0.2, 0) is 9.53 Å². The van der Waals surface area contributed by atoms with Gasteiger partial charge in [-0.3, -0.25) is 0 Å². The van der Waals surface area contributed by atoms with Gasteiger partial charge >= 0.3 is 5.97 Å². The first-order valence-corrected chi connectivity index (χ1v) is 11.6. The van der Waals surface area contributed by atoms with E-state index in [4.69, 9.17) is 4.74 Å². The van der Waals surface area contributed by atoms with Gasteiger partial charge in [-0.15, -0.1) is 0 Å². The summed E-state index contributed by atoms with van der Waals surface area (Å²) in [5.41, 5.74) is 0.757. The average molecular weight is 367 g/mol. The van der Waals surface area contributed by atoms with Crippen molar-refractivity contribution in [3.05, 3.63) is 11.6 Å². The van der Waals surface area contributed by atoms with Crippen molar-refractivity contribution in [2.45, 2.75) is 130 Å². The molecule has 0 unspecified atom stereocenters. The summed E-state index contributed by atoms with van der Waals surface area (Å²) in [4.78, 5) is 11.5. The molecule has 0 aromatic rings. The van der Waals surface area contributed by atoms with Gasteiger partial charge in [0.05, 0.1) is 6.61 Å². The maximum atomic E-state index is 11.5. The van der Waals surface area contributed by atoms with Crippen LogP contribution in [0.4, 0.5) is 0 Å². The van der Waals surface area contributed by atoms with Crippen molar-refractivity contribution in [2.24, 2.45) is 0 Å². The van der Waals surface area contributed by atoms with Crippen molar-refractivity contribution in [3.63, 3.8) is 0 Å². The van der Waals surface area contributed by atoms with Gasteiger partial charge in [0.1, 0.15) is 0 Å². The van der Waals surface area contributed by atoms with Crippen LogP contribution in [0, 0.1) is 0 Å². The van der Waals surface area contributed by atoms with Gasteiger partial charge in [-0.1, -0.05) is 109 Å². The zero-order valence-electron chi connectivity index (χ0n) is 18.1. The standard InChI is InChI=1S/C24H46O2/c1-4-6-7-8-9-10-11-12-13-14-15-16-17-18-19-20-21-22-23(3)24(25)26-5-2/h22H,4-21H2,1-3H3/b23-22+. The second-order valence-corrected chi connectivity index (χ2v) is 7.70. The summed E-state index contributed by atoms with van der Waals surface area (Å²) in [7, 11) is 0. The van der Waals surface area contributed by atoms with E-state index in [1.54, 1.807) is 0 Å². The van der Waals surface area contributed by atoms with E-state index in [1.165, 1.54) is 103 Å². The summed E-state index contributed by atoms with van der Waals surface area (Å²) in [6.07, 6.45) is 25.4. The van der Waals surface area contributed by atoms with E-state index in [9.17, 15) is 4.79 Å². The molecule has 0 N–H and O–H groups in total. The van der Waals surface area contributed by atoms with Crippen LogP contribution in [-0.4, -0.2) is 12.6 Å². The van der Waals surface area contributed by atoms with Gasteiger partial charge in [0.25, 0.3) is 0 Å². The maximum absolute atomic E-state index is 11.5. The molecular weight excluding hydrogens is 320 g/mol. The number of rotatable bonds is 19. The van der Waals surface area contributed by atoms with Crippen LogP contribution in [0.15, 0.2) is 11.6 Å². The molecule has 0 aromatic carbocycles. The zero-order valence-corrected chi connectivity index (χ0v) is 18.1. The lowest BCUT2D eigenvalue weighted by Crippen LogP contribution is -2.04. The van der Waals surface area contributed by atoms with Crippen LogP contribution in [0.2, 0.25) is 0 Å². The van der Waals surface area contributed by atoms with Crippen molar-refractivity contribution in [1.82, 2.24) is 0 Å². The molecule has 0 aromatic heterocycles. The Kier molecular flexibility index (Phi) is 19.9. The lowest BCUT2D eigenvalue weighted by atomic mass is 10.0. The van der Waals surface area contributed by atoms with E-state index in [0.717, 1.165) is 12.0 Å². The summed E-state index contributed by atoms with van der Waals surface area (Å²) >= 11 is 0. The fourth-order valence-electron chi connectivity index (χ4n) is 3.34. The van der Waals surface area contributed by atoms with Crippen molar-refractivity contribution < 1.29 is 9.53 Å². The highest BCUT2D eigenvalue weighted by molar-refractivity contribution is 5.87. The normalized spacial score (nSPS) is 11.7. The monoisotopic (exact) mass is 366 g/mol. The maximum Gasteiger partial charge on any atom is 0.333 e.